The molecular formula is C16H17FN2. The maximum Gasteiger partial charge on any atom is 0.149 e. The molecule has 1 aliphatic rings. The lowest BCUT2D eigenvalue weighted by atomic mass is 9.89. The van der Waals surface area contributed by atoms with Crippen LogP contribution in [0.4, 0.5) is 4.39 Å². The zero-order valence-electron chi connectivity index (χ0n) is 11.3. The Hall–Kier alpha value is -1.77. The number of hydrogen-bond acceptors (Lipinski definition) is 2. The van der Waals surface area contributed by atoms with Gasteiger partial charge in [-0.25, -0.2) is 4.39 Å². The molecule has 0 saturated carbocycles. The average molecular weight is 256 g/mol. The fraction of sp³-hybridized carbons (Fsp3) is 0.375. The Labute approximate surface area is 112 Å². The highest BCUT2D eigenvalue weighted by Gasteiger charge is 2.22. The van der Waals surface area contributed by atoms with Crippen molar-refractivity contribution in [2.75, 3.05) is 0 Å². The SMILES string of the molecule is CC(C)c1c(-c2ccncc2F)cnc2c1CCC2. The predicted molar refractivity (Wildman–Crippen MR) is 73.5 cm³/mol. The zero-order valence-corrected chi connectivity index (χ0v) is 11.3. The highest BCUT2D eigenvalue weighted by Crippen LogP contribution is 2.36. The Balaban J connectivity index is 2.25. The van der Waals surface area contributed by atoms with E-state index in [1.54, 1.807) is 12.3 Å². The van der Waals surface area contributed by atoms with E-state index >= 15 is 0 Å². The van der Waals surface area contributed by atoms with Crippen molar-refractivity contribution in [3.63, 3.8) is 0 Å². The molecule has 0 fully saturated rings. The fourth-order valence-electron chi connectivity index (χ4n) is 3.00. The average Bonchev–Trinajstić information content (AvgIpc) is 2.86. The van der Waals surface area contributed by atoms with E-state index in [0.717, 1.165) is 24.8 Å². The van der Waals surface area contributed by atoms with Gasteiger partial charge in [-0.15, -0.1) is 0 Å². The second-order valence-electron chi connectivity index (χ2n) is 5.37. The van der Waals surface area contributed by atoms with Crippen LogP contribution < -0.4 is 0 Å². The molecule has 3 heteroatoms. The smallest absolute Gasteiger partial charge is 0.149 e. The Morgan fingerprint density at radius 1 is 1.16 bits per heavy atom. The van der Waals surface area contributed by atoms with E-state index in [4.69, 9.17) is 0 Å². The molecule has 0 amide bonds. The van der Waals surface area contributed by atoms with Crippen molar-refractivity contribution >= 4 is 0 Å². The summed E-state index contributed by atoms with van der Waals surface area (Å²) < 4.78 is 14.0. The van der Waals surface area contributed by atoms with E-state index < -0.39 is 0 Å². The summed E-state index contributed by atoms with van der Waals surface area (Å²) in [5, 5.41) is 0. The summed E-state index contributed by atoms with van der Waals surface area (Å²) in [6, 6.07) is 1.74. The number of aromatic nitrogens is 2. The summed E-state index contributed by atoms with van der Waals surface area (Å²) in [4.78, 5) is 8.35. The lowest BCUT2D eigenvalue weighted by molar-refractivity contribution is 0.624. The van der Waals surface area contributed by atoms with E-state index in [9.17, 15) is 4.39 Å². The minimum Gasteiger partial charge on any atom is -0.262 e. The van der Waals surface area contributed by atoms with Crippen LogP contribution in [0.2, 0.25) is 0 Å². The molecule has 2 nitrogen and oxygen atoms in total. The maximum atomic E-state index is 14.0. The Morgan fingerprint density at radius 2 is 2.00 bits per heavy atom. The van der Waals surface area contributed by atoms with Gasteiger partial charge in [-0.1, -0.05) is 13.8 Å². The van der Waals surface area contributed by atoms with E-state index in [-0.39, 0.29) is 5.82 Å². The summed E-state index contributed by atoms with van der Waals surface area (Å²) in [6.07, 6.45) is 8.01. The number of hydrogen-bond donors (Lipinski definition) is 0. The number of halogens is 1. The monoisotopic (exact) mass is 256 g/mol. The molecule has 98 valence electrons. The van der Waals surface area contributed by atoms with Crippen LogP contribution in [0.1, 0.15) is 43.0 Å². The van der Waals surface area contributed by atoms with Gasteiger partial charge in [0.25, 0.3) is 0 Å². The van der Waals surface area contributed by atoms with Crippen LogP contribution in [0.25, 0.3) is 11.1 Å². The molecule has 2 aromatic rings. The molecule has 2 aromatic heterocycles. The largest absolute Gasteiger partial charge is 0.262 e. The fourth-order valence-corrected chi connectivity index (χ4v) is 3.00. The van der Waals surface area contributed by atoms with Gasteiger partial charge in [-0.05, 0) is 42.4 Å². The van der Waals surface area contributed by atoms with Gasteiger partial charge in [0.1, 0.15) is 5.82 Å². The van der Waals surface area contributed by atoms with Gasteiger partial charge in [-0.2, -0.15) is 0 Å². The molecule has 0 unspecified atom stereocenters. The van der Waals surface area contributed by atoms with Crippen LogP contribution >= 0.6 is 0 Å². The molecule has 2 heterocycles. The zero-order chi connectivity index (χ0) is 13.4. The molecule has 0 aromatic carbocycles. The third-order valence-corrected chi connectivity index (χ3v) is 3.79. The van der Waals surface area contributed by atoms with Crippen LogP contribution in [0.3, 0.4) is 0 Å². The summed E-state index contributed by atoms with van der Waals surface area (Å²) in [7, 11) is 0. The molecule has 19 heavy (non-hydrogen) atoms. The molecule has 0 spiro atoms. The topological polar surface area (TPSA) is 25.8 Å². The molecule has 0 N–H and O–H groups in total. The summed E-state index contributed by atoms with van der Waals surface area (Å²) >= 11 is 0. The molecule has 3 rings (SSSR count). The van der Waals surface area contributed by atoms with Crippen molar-refractivity contribution in [1.82, 2.24) is 9.97 Å². The minimum absolute atomic E-state index is 0.274. The van der Waals surface area contributed by atoms with E-state index in [1.807, 2.05) is 6.20 Å². The number of pyridine rings is 2. The standard InChI is InChI=1S/C16H17FN2/c1-10(2)16-12-4-3-5-15(12)19-8-13(16)11-6-7-18-9-14(11)17/h6-10H,3-5H2,1-2H3. The van der Waals surface area contributed by atoms with Crippen LogP contribution in [0.5, 0.6) is 0 Å². The van der Waals surface area contributed by atoms with Crippen LogP contribution in [0.15, 0.2) is 24.7 Å². The Morgan fingerprint density at radius 3 is 2.74 bits per heavy atom. The number of rotatable bonds is 2. The van der Waals surface area contributed by atoms with E-state index in [0.29, 0.717) is 11.5 Å². The van der Waals surface area contributed by atoms with Gasteiger partial charge in [0.05, 0.1) is 6.20 Å². The third kappa shape index (κ3) is 2.03. The van der Waals surface area contributed by atoms with Crippen LogP contribution in [-0.2, 0) is 12.8 Å². The third-order valence-electron chi connectivity index (χ3n) is 3.79. The van der Waals surface area contributed by atoms with E-state index in [2.05, 4.69) is 23.8 Å². The quantitative estimate of drug-likeness (QED) is 0.814. The van der Waals surface area contributed by atoms with Crippen molar-refractivity contribution in [3.8, 4) is 11.1 Å². The normalized spacial score (nSPS) is 13.9. The first-order valence-corrected chi connectivity index (χ1v) is 6.79. The maximum absolute atomic E-state index is 14.0. The second kappa shape index (κ2) is 4.72. The highest BCUT2D eigenvalue weighted by molar-refractivity contribution is 5.69. The summed E-state index contributed by atoms with van der Waals surface area (Å²) in [6.45, 7) is 4.33. The van der Waals surface area contributed by atoms with Crippen molar-refractivity contribution in [2.24, 2.45) is 0 Å². The van der Waals surface area contributed by atoms with Gasteiger partial charge in [0.2, 0.25) is 0 Å². The van der Waals surface area contributed by atoms with Gasteiger partial charge >= 0.3 is 0 Å². The predicted octanol–water partition coefficient (Wildman–Crippen LogP) is 3.89. The van der Waals surface area contributed by atoms with Crippen LogP contribution in [-0.4, -0.2) is 9.97 Å². The van der Waals surface area contributed by atoms with Crippen LogP contribution in [0, 0.1) is 5.82 Å². The van der Waals surface area contributed by atoms with Gasteiger partial charge in [-0.3, -0.25) is 9.97 Å². The first kappa shape index (κ1) is 12.3. The first-order valence-electron chi connectivity index (χ1n) is 6.79. The number of nitrogens with zero attached hydrogens (tertiary/aromatic N) is 2. The Kier molecular flexibility index (Phi) is 3.05. The minimum atomic E-state index is -0.274. The highest BCUT2D eigenvalue weighted by atomic mass is 19.1. The number of aryl methyl sites for hydroxylation is 1. The lowest BCUT2D eigenvalue weighted by Gasteiger charge is -2.17. The first-order chi connectivity index (χ1) is 9.18. The molecule has 0 bridgehead atoms. The molecule has 0 saturated heterocycles. The molecule has 0 atom stereocenters. The van der Waals surface area contributed by atoms with Crippen molar-refractivity contribution in [3.05, 3.63) is 47.3 Å². The van der Waals surface area contributed by atoms with Gasteiger partial charge < -0.3 is 0 Å². The second-order valence-corrected chi connectivity index (χ2v) is 5.37. The van der Waals surface area contributed by atoms with Crippen molar-refractivity contribution in [1.29, 1.82) is 0 Å². The van der Waals surface area contributed by atoms with E-state index in [1.165, 1.54) is 23.0 Å². The Bertz CT molecular complexity index is 620. The van der Waals surface area contributed by atoms with Crippen molar-refractivity contribution < 1.29 is 4.39 Å². The van der Waals surface area contributed by atoms with Crippen molar-refractivity contribution in [2.45, 2.75) is 39.0 Å². The van der Waals surface area contributed by atoms with Gasteiger partial charge in [0.15, 0.2) is 0 Å². The summed E-state index contributed by atoms with van der Waals surface area (Å²) in [5.74, 6) is 0.0987. The molecular weight excluding hydrogens is 239 g/mol. The summed E-state index contributed by atoms with van der Waals surface area (Å²) in [5.41, 5.74) is 5.33. The lowest BCUT2D eigenvalue weighted by Crippen LogP contribution is -2.03. The molecule has 1 aliphatic carbocycles. The number of fused-ring (bicyclic) bond motifs is 1. The van der Waals surface area contributed by atoms with Gasteiger partial charge in [0, 0.05) is 29.2 Å². The molecule has 0 aliphatic heterocycles. The molecule has 0 radical (unpaired) electrons.